The molecule has 2 aromatic carbocycles. The molecule has 0 radical (unpaired) electrons. The van der Waals surface area contributed by atoms with Gasteiger partial charge in [0, 0.05) is 12.1 Å². The number of hydrogen-bond acceptors (Lipinski definition) is 5. The minimum absolute atomic E-state index is 0.0448. The third-order valence-corrected chi connectivity index (χ3v) is 3.81. The highest BCUT2D eigenvalue weighted by atomic mass is 16.7. The number of non-ortho nitro benzene ring substituents is 1. The molecule has 3 rings (SSSR count). The largest absolute Gasteiger partial charge is 0.454 e. The maximum atomic E-state index is 11.0. The minimum atomic E-state index is -0.454. The molecule has 1 aliphatic rings. The molecule has 0 saturated carbocycles. The van der Waals surface area contributed by atoms with E-state index in [2.05, 4.69) is 0 Å². The third-order valence-electron chi connectivity index (χ3n) is 3.81. The van der Waals surface area contributed by atoms with Crippen molar-refractivity contribution in [3.05, 3.63) is 63.2 Å². The van der Waals surface area contributed by atoms with Crippen molar-refractivity contribution in [1.29, 1.82) is 0 Å². The first-order valence-corrected chi connectivity index (χ1v) is 7.02. The summed E-state index contributed by atoms with van der Waals surface area (Å²) in [7, 11) is 0. The number of ether oxygens (including phenoxy) is 2. The average Bonchev–Trinajstić information content (AvgIpc) is 3.00. The zero-order chi connectivity index (χ0) is 15.7. The van der Waals surface area contributed by atoms with Crippen molar-refractivity contribution >= 4 is 5.69 Å². The molecule has 1 atom stereocenters. The number of fused-ring (bicyclic) bond motifs is 1. The van der Waals surface area contributed by atoms with Crippen molar-refractivity contribution in [2.45, 2.75) is 19.4 Å². The Labute approximate surface area is 127 Å². The van der Waals surface area contributed by atoms with Crippen LogP contribution in [0.3, 0.4) is 0 Å². The van der Waals surface area contributed by atoms with E-state index in [1.165, 1.54) is 6.07 Å². The van der Waals surface area contributed by atoms with E-state index in [0.29, 0.717) is 11.5 Å². The summed E-state index contributed by atoms with van der Waals surface area (Å²) in [6.07, 6.45) is 0.756. The summed E-state index contributed by atoms with van der Waals surface area (Å²) >= 11 is 0. The molecule has 6 nitrogen and oxygen atoms in total. The Morgan fingerprint density at radius 2 is 2.00 bits per heavy atom. The lowest BCUT2D eigenvalue weighted by molar-refractivity contribution is -0.384. The van der Waals surface area contributed by atoms with Crippen molar-refractivity contribution in [3.8, 4) is 11.5 Å². The standard InChI is InChI=1S/C16H16N2O4/c1-2-10-3-5-12(18(19)20)8-13(10)16(17)11-4-6-14-15(7-11)22-9-21-14/h3-8,16H,2,9,17H2,1H3. The van der Waals surface area contributed by atoms with E-state index in [4.69, 9.17) is 15.2 Å². The molecule has 0 amide bonds. The molecule has 0 aliphatic carbocycles. The molecule has 2 aromatic rings. The van der Waals surface area contributed by atoms with Gasteiger partial charge < -0.3 is 15.2 Å². The summed E-state index contributed by atoms with van der Waals surface area (Å²) in [6, 6.07) is 9.86. The molecule has 1 aliphatic heterocycles. The minimum Gasteiger partial charge on any atom is -0.454 e. The normalized spacial score (nSPS) is 13.9. The van der Waals surface area contributed by atoms with E-state index >= 15 is 0 Å². The summed E-state index contributed by atoms with van der Waals surface area (Å²) in [4.78, 5) is 10.6. The summed E-state index contributed by atoms with van der Waals surface area (Å²) in [5.41, 5.74) is 8.97. The lowest BCUT2D eigenvalue weighted by atomic mass is 9.93. The second-order valence-corrected chi connectivity index (χ2v) is 5.08. The predicted molar refractivity (Wildman–Crippen MR) is 81.1 cm³/mol. The molecule has 114 valence electrons. The first-order chi connectivity index (χ1) is 10.6. The van der Waals surface area contributed by atoms with E-state index in [9.17, 15) is 10.1 Å². The summed E-state index contributed by atoms with van der Waals surface area (Å²) < 4.78 is 10.6. The molecule has 0 fully saturated rings. The number of rotatable bonds is 4. The molecular weight excluding hydrogens is 284 g/mol. The molecule has 0 aromatic heterocycles. The second kappa shape index (κ2) is 5.65. The van der Waals surface area contributed by atoms with Crippen LogP contribution in [0.2, 0.25) is 0 Å². The van der Waals surface area contributed by atoms with Crippen molar-refractivity contribution in [1.82, 2.24) is 0 Å². The lowest BCUT2D eigenvalue weighted by Gasteiger charge is -2.16. The van der Waals surface area contributed by atoms with Gasteiger partial charge in [-0.25, -0.2) is 0 Å². The van der Waals surface area contributed by atoms with Crippen molar-refractivity contribution in [2.24, 2.45) is 5.73 Å². The van der Waals surface area contributed by atoms with Crippen molar-refractivity contribution in [2.75, 3.05) is 6.79 Å². The van der Waals surface area contributed by atoms with Gasteiger partial charge in [0.2, 0.25) is 6.79 Å². The van der Waals surface area contributed by atoms with Gasteiger partial charge in [-0.3, -0.25) is 10.1 Å². The van der Waals surface area contributed by atoms with Gasteiger partial charge in [0.05, 0.1) is 11.0 Å². The van der Waals surface area contributed by atoms with Crippen LogP contribution in [0.25, 0.3) is 0 Å². The fraction of sp³-hybridized carbons (Fsp3) is 0.250. The zero-order valence-electron chi connectivity index (χ0n) is 12.1. The molecule has 1 heterocycles. The van der Waals surface area contributed by atoms with Crippen LogP contribution in [0, 0.1) is 10.1 Å². The summed E-state index contributed by atoms with van der Waals surface area (Å²) in [5, 5.41) is 11.0. The monoisotopic (exact) mass is 300 g/mol. The number of aryl methyl sites for hydroxylation is 1. The number of hydrogen-bond donors (Lipinski definition) is 1. The van der Waals surface area contributed by atoms with Crippen LogP contribution >= 0.6 is 0 Å². The van der Waals surface area contributed by atoms with Crippen LogP contribution in [-0.2, 0) is 6.42 Å². The quantitative estimate of drug-likeness (QED) is 0.693. The van der Waals surface area contributed by atoms with Crippen LogP contribution in [0.4, 0.5) is 5.69 Å². The molecule has 0 saturated heterocycles. The Balaban J connectivity index is 2.02. The molecule has 2 N–H and O–H groups in total. The first kappa shape index (κ1) is 14.3. The fourth-order valence-corrected chi connectivity index (χ4v) is 2.59. The predicted octanol–water partition coefficient (Wildman–Crippen LogP) is 2.93. The van der Waals surface area contributed by atoms with Gasteiger partial charge in [0.25, 0.3) is 5.69 Å². The summed E-state index contributed by atoms with van der Waals surface area (Å²) in [6.45, 7) is 2.20. The number of nitro benzene ring substituents is 1. The highest BCUT2D eigenvalue weighted by molar-refractivity contribution is 5.49. The van der Waals surface area contributed by atoms with Crippen LogP contribution in [0.15, 0.2) is 36.4 Å². The number of nitro groups is 1. The van der Waals surface area contributed by atoms with Gasteiger partial charge in [-0.15, -0.1) is 0 Å². The highest BCUT2D eigenvalue weighted by Crippen LogP contribution is 2.36. The Kier molecular flexibility index (Phi) is 3.68. The first-order valence-electron chi connectivity index (χ1n) is 7.02. The Morgan fingerprint density at radius 1 is 1.23 bits per heavy atom. The van der Waals surface area contributed by atoms with Gasteiger partial charge in [0.15, 0.2) is 11.5 Å². The van der Waals surface area contributed by atoms with E-state index < -0.39 is 11.0 Å². The van der Waals surface area contributed by atoms with Crippen LogP contribution in [0.5, 0.6) is 11.5 Å². The second-order valence-electron chi connectivity index (χ2n) is 5.08. The molecule has 0 spiro atoms. The molecule has 22 heavy (non-hydrogen) atoms. The van der Waals surface area contributed by atoms with Crippen LogP contribution < -0.4 is 15.2 Å². The molecule has 1 unspecified atom stereocenters. The smallest absolute Gasteiger partial charge is 0.269 e. The highest BCUT2D eigenvalue weighted by Gasteiger charge is 2.20. The van der Waals surface area contributed by atoms with Crippen molar-refractivity contribution in [3.63, 3.8) is 0 Å². The van der Waals surface area contributed by atoms with Crippen molar-refractivity contribution < 1.29 is 14.4 Å². The zero-order valence-corrected chi connectivity index (χ0v) is 12.1. The summed E-state index contributed by atoms with van der Waals surface area (Å²) in [5.74, 6) is 1.34. The Bertz CT molecular complexity index is 730. The fourth-order valence-electron chi connectivity index (χ4n) is 2.59. The number of benzene rings is 2. The van der Waals surface area contributed by atoms with Gasteiger partial charge in [0.1, 0.15) is 0 Å². The van der Waals surface area contributed by atoms with Gasteiger partial charge in [-0.2, -0.15) is 0 Å². The van der Waals surface area contributed by atoms with Gasteiger partial charge in [-0.05, 0) is 35.2 Å². The van der Waals surface area contributed by atoms with E-state index in [1.54, 1.807) is 18.2 Å². The van der Waals surface area contributed by atoms with Crippen LogP contribution in [-0.4, -0.2) is 11.7 Å². The SMILES string of the molecule is CCc1ccc([N+](=O)[O-])cc1C(N)c1ccc2c(c1)OCO2. The van der Waals surface area contributed by atoms with Crippen LogP contribution in [0.1, 0.15) is 29.7 Å². The maximum absolute atomic E-state index is 11.0. The number of nitrogens with zero attached hydrogens (tertiary/aromatic N) is 1. The van der Waals surface area contributed by atoms with E-state index in [1.807, 2.05) is 19.1 Å². The lowest BCUT2D eigenvalue weighted by Crippen LogP contribution is -2.14. The Hall–Kier alpha value is -2.60. The van der Waals surface area contributed by atoms with E-state index in [0.717, 1.165) is 23.1 Å². The van der Waals surface area contributed by atoms with E-state index in [-0.39, 0.29) is 12.5 Å². The maximum Gasteiger partial charge on any atom is 0.269 e. The van der Waals surface area contributed by atoms with Gasteiger partial charge >= 0.3 is 0 Å². The third kappa shape index (κ3) is 2.48. The number of nitrogens with two attached hydrogens (primary N) is 1. The van der Waals surface area contributed by atoms with Gasteiger partial charge in [-0.1, -0.05) is 19.1 Å². The average molecular weight is 300 g/mol. The topological polar surface area (TPSA) is 87.6 Å². The molecular formula is C16H16N2O4. The Morgan fingerprint density at radius 3 is 2.73 bits per heavy atom. The molecule has 0 bridgehead atoms. The molecule has 6 heteroatoms.